The molecule has 0 aromatic carbocycles. The summed E-state index contributed by atoms with van der Waals surface area (Å²) < 4.78 is 0. The molecule has 1 fully saturated rings. The number of nitrogens with two attached hydrogens (primary N) is 1. The lowest BCUT2D eigenvalue weighted by atomic mass is 9.97. The van der Waals surface area contributed by atoms with Gasteiger partial charge in [-0.1, -0.05) is 13.3 Å². The number of hydrogen-bond donors (Lipinski definition) is 3. The molecule has 0 radical (unpaired) electrons. The first-order valence-electron chi connectivity index (χ1n) is 6.53. The molecule has 0 bridgehead atoms. The molecule has 3 amide bonds. The Hall–Kier alpha value is -1.79. The number of nitrogens with one attached hydrogen (secondary N) is 1. The van der Waals surface area contributed by atoms with Crippen LogP contribution in [0.5, 0.6) is 0 Å². The SMILES string of the molecule is CCC[C@@H](NC(N)=O)C(=O)N1CCCC(C(=O)O)C1. The van der Waals surface area contributed by atoms with E-state index in [0.29, 0.717) is 25.8 Å². The largest absolute Gasteiger partial charge is 0.481 e. The first kappa shape index (κ1) is 15.3. The van der Waals surface area contributed by atoms with E-state index in [1.807, 2.05) is 6.92 Å². The number of amides is 3. The second-order valence-corrected chi connectivity index (χ2v) is 4.81. The standard InChI is InChI=1S/C12H21N3O4/c1-2-4-9(14-12(13)19)10(16)15-6-3-5-8(7-15)11(17)18/h8-9H,2-7H2,1H3,(H,17,18)(H3,13,14,19)/t8?,9-/m1/s1. The fraction of sp³-hybridized carbons (Fsp3) is 0.750. The summed E-state index contributed by atoms with van der Waals surface area (Å²) in [6, 6.07) is -1.39. The van der Waals surface area contributed by atoms with Gasteiger partial charge in [-0.05, 0) is 19.3 Å². The maximum absolute atomic E-state index is 12.3. The highest BCUT2D eigenvalue weighted by molar-refractivity contribution is 5.87. The summed E-state index contributed by atoms with van der Waals surface area (Å²) in [6.45, 7) is 2.64. The molecule has 2 atom stereocenters. The smallest absolute Gasteiger partial charge is 0.312 e. The van der Waals surface area contributed by atoms with Crippen LogP contribution in [0.1, 0.15) is 32.6 Å². The molecular weight excluding hydrogens is 250 g/mol. The summed E-state index contributed by atoms with van der Waals surface area (Å²) in [7, 11) is 0. The zero-order valence-electron chi connectivity index (χ0n) is 11.1. The Morgan fingerprint density at radius 3 is 2.68 bits per heavy atom. The van der Waals surface area contributed by atoms with Crippen LogP contribution in [0, 0.1) is 5.92 Å². The van der Waals surface area contributed by atoms with E-state index < -0.39 is 24.0 Å². The lowest BCUT2D eigenvalue weighted by Gasteiger charge is -2.33. The zero-order chi connectivity index (χ0) is 14.4. The number of piperidine rings is 1. The molecule has 0 aliphatic carbocycles. The van der Waals surface area contributed by atoms with Gasteiger partial charge < -0.3 is 21.1 Å². The number of rotatable bonds is 5. The second-order valence-electron chi connectivity index (χ2n) is 4.81. The molecule has 7 heteroatoms. The Morgan fingerprint density at radius 1 is 1.47 bits per heavy atom. The van der Waals surface area contributed by atoms with Gasteiger partial charge in [0.1, 0.15) is 6.04 Å². The molecule has 1 aliphatic rings. The number of urea groups is 1. The van der Waals surface area contributed by atoms with Gasteiger partial charge in [-0.15, -0.1) is 0 Å². The van der Waals surface area contributed by atoms with Gasteiger partial charge in [0.15, 0.2) is 0 Å². The van der Waals surface area contributed by atoms with Gasteiger partial charge >= 0.3 is 12.0 Å². The van der Waals surface area contributed by atoms with Gasteiger partial charge in [0, 0.05) is 13.1 Å². The van der Waals surface area contributed by atoms with Crippen molar-refractivity contribution < 1.29 is 19.5 Å². The Balaban J connectivity index is 2.67. The highest BCUT2D eigenvalue weighted by Crippen LogP contribution is 2.18. The minimum absolute atomic E-state index is 0.203. The molecule has 108 valence electrons. The fourth-order valence-corrected chi connectivity index (χ4v) is 2.32. The lowest BCUT2D eigenvalue weighted by Crippen LogP contribution is -2.53. The Kier molecular flexibility index (Phi) is 5.59. The average Bonchev–Trinajstić information content (AvgIpc) is 2.37. The van der Waals surface area contributed by atoms with E-state index in [0.717, 1.165) is 6.42 Å². The van der Waals surface area contributed by atoms with Crippen LogP contribution in [0.25, 0.3) is 0 Å². The van der Waals surface area contributed by atoms with Crippen LogP contribution >= 0.6 is 0 Å². The van der Waals surface area contributed by atoms with Crippen molar-refractivity contribution in [2.24, 2.45) is 11.7 Å². The van der Waals surface area contributed by atoms with E-state index in [1.165, 1.54) is 4.90 Å². The maximum atomic E-state index is 12.3. The first-order chi connectivity index (χ1) is 8.95. The van der Waals surface area contributed by atoms with Crippen molar-refractivity contribution in [1.29, 1.82) is 0 Å². The van der Waals surface area contributed by atoms with Crippen LogP contribution in [-0.4, -0.2) is 47.0 Å². The van der Waals surface area contributed by atoms with Crippen molar-refractivity contribution in [3.8, 4) is 0 Å². The van der Waals surface area contributed by atoms with Gasteiger partial charge in [-0.2, -0.15) is 0 Å². The van der Waals surface area contributed by atoms with Crippen molar-refractivity contribution in [3.63, 3.8) is 0 Å². The molecular formula is C12H21N3O4. The third kappa shape index (κ3) is 4.42. The number of likely N-dealkylation sites (tertiary alicyclic amines) is 1. The van der Waals surface area contributed by atoms with Crippen molar-refractivity contribution in [2.75, 3.05) is 13.1 Å². The number of nitrogens with zero attached hydrogens (tertiary/aromatic N) is 1. The molecule has 1 heterocycles. The number of carbonyl (C=O) groups is 3. The van der Waals surface area contributed by atoms with Crippen LogP contribution in [0.4, 0.5) is 4.79 Å². The fourth-order valence-electron chi connectivity index (χ4n) is 2.32. The lowest BCUT2D eigenvalue weighted by molar-refractivity contribution is -0.146. The zero-order valence-corrected chi connectivity index (χ0v) is 11.1. The Labute approximate surface area is 112 Å². The molecule has 1 saturated heterocycles. The van der Waals surface area contributed by atoms with Gasteiger partial charge in [-0.3, -0.25) is 9.59 Å². The van der Waals surface area contributed by atoms with Crippen molar-refractivity contribution in [2.45, 2.75) is 38.6 Å². The third-order valence-corrected chi connectivity index (χ3v) is 3.27. The molecule has 0 aromatic heterocycles. The Bertz CT molecular complexity index is 359. The van der Waals surface area contributed by atoms with Crippen molar-refractivity contribution >= 4 is 17.9 Å². The highest BCUT2D eigenvalue weighted by atomic mass is 16.4. The number of carbonyl (C=O) groups excluding carboxylic acids is 2. The van der Waals surface area contributed by atoms with Gasteiger partial charge in [0.05, 0.1) is 5.92 Å². The minimum Gasteiger partial charge on any atom is -0.481 e. The molecule has 0 saturated carbocycles. The summed E-state index contributed by atoms with van der Waals surface area (Å²) in [6.07, 6.45) is 2.47. The summed E-state index contributed by atoms with van der Waals surface area (Å²) in [5.41, 5.74) is 5.05. The van der Waals surface area contributed by atoms with Crippen molar-refractivity contribution in [3.05, 3.63) is 0 Å². The van der Waals surface area contributed by atoms with Gasteiger partial charge in [-0.25, -0.2) is 4.79 Å². The van der Waals surface area contributed by atoms with E-state index in [9.17, 15) is 14.4 Å². The van der Waals surface area contributed by atoms with Crippen molar-refractivity contribution in [1.82, 2.24) is 10.2 Å². The molecule has 19 heavy (non-hydrogen) atoms. The number of primary amides is 1. The van der Waals surface area contributed by atoms with E-state index >= 15 is 0 Å². The number of aliphatic carboxylic acids is 1. The van der Waals surface area contributed by atoms with Gasteiger partial charge in [0.2, 0.25) is 5.91 Å². The van der Waals surface area contributed by atoms with Gasteiger partial charge in [0.25, 0.3) is 0 Å². The topological polar surface area (TPSA) is 113 Å². The number of carboxylic acids is 1. The maximum Gasteiger partial charge on any atom is 0.312 e. The molecule has 1 unspecified atom stereocenters. The molecule has 0 aromatic rings. The predicted molar refractivity (Wildman–Crippen MR) is 68.4 cm³/mol. The van der Waals surface area contributed by atoms with E-state index in [1.54, 1.807) is 0 Å². The Morgan fingerprint density at radius 2 is 2.16 bits per heavy atom. The van der Waals surface area contributed by atoms with Crippen LogP contribution in [0.15, 0.2) is 0 Å². The third-order valence-electron chi connectivity index (χ3n) is 3.27. The second kappa shape index (κ2) is 6.96. The minimum atomic E-state index is -0.882. The molecule has 1 rings (SSSR count). The monoisotopic (exact) mass is 271 g/mol. The van der Waals surface area contributed by atoms with E-state index in [2.05, 4.69) is 5.32 Å². The summed E-state index contributed by atoms with van der Waals surface area (Å²) in [5.74, 6) is -1.65. The molecule has 0 spiro atoms. The molecule has 1 aliphatic heterocycles. The number of hydrogen-bond acceptors (Lipinski definition) is 3. The van der Waals surface area contributed by atoms with E-state index in [-0.39, 0.29) is 12.5 Å². The van der Waals surface area contributed by atoms with E-state index in [4.69, 9.17) is 10.8 Å². The highest BCUT2D eigenvalue weighted by Gasteiger charge is 2.31. The van der Waals surface area contributed by atoms with Crippen LogP contribution in [-0.2, 0) is 9.59 Å². The quantitative estimate of drug-likeness (QED) is 0.660. The summed E-state index contributed by atoms with van der Waals surface area (Å²) >= 11 is 0. The molecule has 4 N–H and O–H groups in total. The summed E-state index contributed by atoms with van der Waals surface area (Å²) in [4.78, 5) is 35.6. The average molecular weight is 271 g/mol. The first-order valence-corrected chi connectivity index (χ1v) is 6.53. The number of carboxylic acid groups (broad SMARTS) is 1. The molecule has 7 nitrogen and oxygen atoms in total. The summed E-state index contributed by atoms with van der Waals surface area (Å²) in [5, 5.41) is 11.4. The van der Waals surface area contributed by atoms with Crippen LogP contribution in [0.2, 0.25) is 0 Å². The van der Waals surface area contributed by atoms with Crippen LogP contribution in [0.3, 0.4) is 0 Å². The van der Waals surface area contributed by atoms with Crippen LogP contribution < -0.4 is 11.1 Å². The normalized spacial score (nSPS) is 20.7. The predicted octanol–water partition coefficient (Wildman–Crippen LogP) is 0.147.